The Morgan fingerprint density at radius 2 is 1.59 bits per heavy atom. The molecule has 0 atom stereocenters. The van der Waals surface area contributed by atoms with Crippen molar-refractivity contribution in [3.8, 4) is 0 Å². The van der Waals surface area contributed by atoms with Gasteiger partial charge < -0.3 is 0 Å². The van der Waals surface area contributed by atoms with E-state index in [0.29, 0.717) is 5.01 Å². The molecule has 1 aromatic heterocycles. The average Bonchev–Trinajstić information content (AvgIpc) is 3.02. The summed E-state index contributed by atoms with van der Waals surface area (Å²) in [5.74, 6) is -0.787. The minimum absolute atomic E-state index is 0.0102. The topological polar surface area (TPSA) is 64.1 Å². The van der Waals surface area contributed by atoms with Gasteiger partial charge in [0.05, 0.1) is 28.3 Å². The van der Waals surface area contributed by atoms with Crippen LogP contribution in [0.25, 0.3) is 0 Å². The summed E-state index contributed by atoms with van der Waals surface area (Å²) >= 11 is 1.35. The first-order valence-corrected chi connectivity index (χ1v) is 11.4. The SMILES string of the molecule is CC(C)(CS(=O)(=O)c1ccc(C(F)(F)F)cc1)C(=O)Cc1nc(C(C)(C)C)cs1. The Balaban J connectivity index is 2.16. The molecular formula is C20H24F3NO3S2. The zero-order chi connectivity index (χ0) is 22.3. The summed E-state index contributed by atoms with van der Waals surface area (Å²) in [6, 6.07) is 3.31. The Hall–Kier alpha value is -1.74. The number of hydrogen-bond donors (Lipinski definition) is 0. The van der Waals surface area contributed by atoms with Crippen LogP contribution >= 0.6 is 11.3 Å². The maximum Gasteiger partial charge on any atom is 0.416 e. The first-order valence-electron chi connectivity index (χ1n) is 8.90. The molecule has 0 radical (unpaired) electrons. The largest absolute Gasteiger partial charge is 0.416 e. The van der Waals surface area contributed by atoms with Crippen molar-refractivity contribution in [3.63, 3.8) is 0 Å². The molecule has 0 amide bonds. The van der Waals surface area contributed by atoms with Gasteiger partial charge >= 0.3 is 6.18 Å². The zero-order valence-electron chi connectivity index (χ0n) is 16.9. The fourth-order valence-corrected chi connectivity index (χ4v) is 5.45. The lowest BCUT2D eigenvalue weighted by Crippen LogP contribution is -2.33. The molecule has 160 valence electrons. The van der Waals surface area contributed by atoms with Gasteiger partial charge in [-0.1, -0.05) is 34.6 Å². The molecule has 29 heavy (non-hydrogen) atoms. The van der Waals surface area contributed by atoms with Crippen LogP contribution in [0.2, 0.25) is 0 Å². The quantitative estimate of drug-likeness (QED) is 0.620. The predicted molar refractivity (Wildman–Crippen MR) is 107 cm³/mol. The maximum atomic E-state index is 12.7. The highest BCUT2D eigenvalue weighted by Gasteiger charge is 2.35. The summed E-state index contributed by atoms with van der Waals surface area (Å²) in [4.78, 5) is 17.0. The Kier molecular flexibility index (Phi) is 6.36. The number of hydrogen-bond acceptors (Lipinski definition) is 5. The number of thiazole rings is 1. The number of benzene rings is 1. The molecule has 2 rings (SSSR count). The predicted octanol–water partition coefficient (Wildman–Crippen LogP) is 5.07. The van der Waals surface area contributed by atoms with Gasteiger partial charge in [-0.25, -0.2) is 13.4 Å². The number of alkyl halides is 3. The van der Waals surface area contributed by atoms with E-state index in [1.165, 1.54) is 25.2 Å². The number of aromatic nitrogens is 1. The summed E-state index contributed by atoms with van der Waals surface area (Å²) in [7, 11) is -3.94. The summed E-state index contributed by atoms with van der Waals surface area (Å²) in [5, 5.41) is 2.49. The summed E-state index contributed by atoms with van der Waals surface area (Å²) < 4.78 is 63.3. The lowest BCUT2D eigenvalue weighted by atomic mass is 9.89. The molecule has 1 aromatic carbocycles. The minimum Gasteiger partial charge on any atom is -0.299 e. The van der Waals surface area contributed by atoms with Crippen molar-refractivity contribution in [1.29, 1.82) is 0 Å². The van der Waals surface area contributed by atoms with Crippen LogP contribution in [-0.4, -0.2) is 24.9 Å². The third-order valence-electron chi connectivity index (χ3n) is 4.48. The van der Waals surface area contributed by atoms with Gasteiger partial charge in [0.2, 0.25) is 0 Å². The molecule has 0 bridgehead atoms. The van der Waals surface area contributed by atoms with Crippen LogP contribution in [0.15, 0.2) is 34.5 Å². The van der Waals surface area contributed by atoms with Crippen molar-refractivity contribution in [3.05, 3.63) is 45.9 Å². The standard InChI is InChI=1S/C20H24F3NO3S2/c1-18(2,3)15-11-28-17(24-15)10-16(25)19(4,5)12-29(26,27)14-8-6-13(7-9-14)20(21,22)23/h6-9,11H,10,12H2,1-5H3. The molecule has 0 fully saturated rings. The first kappa shape index (κ1) is 23.5. The van der Waals surface area contributed by atoms with E-state index in [4.69, 9.17) is 0 Å². The molecule has 0 unspecified atom stereocenters. The van der Waals surface area contributed by atoms with Gasteiger partial charge in [0, 0.05) is 16.2 Å². The third kappa shape index (κ3) is 5.88. The summed E-state index contributed by atoms with van der Waals surface area (Å²) in [6.45, 7) is 9.07. The minimum atomic E-state index is -4.54. The van der Waals surface area contributed by atoms with Crippen LogP contribution in [0.4, 0.5) is 13.2 Å². The van der Waals surface area contributed by atoms with Crippen LogP contribution in [0.5, 0.6) is 0 Å². The Labute approximate surface area is 173 Å². The van der Waals surface area contributed by atoms with Gasteiger partial charge in [0.15, 0.2) is 9.84 Å². The van der Waals surface area contributed by atoms with Gasteiger partial charge in [-0.3, -0.25) is 4.79 Å². The number of halogens is 3. The normalized spacial score (nSPS) is 13.5. The fraction of sp³-hybridized carbons (Fsp3) is 0.500. The molecule has 4 nitrogen and oxygen atoms in total. The molecule has 0 saturated heterocycles. The second-order valence-corrected chi connectivity index (χ2v) is 11.6. The van der Waals surface area contributed by atoms with Crippen LogP contribution in [0, 0.1) is 5.41 Å². The molecule has 1 heterocycles. The van der Waals surface area contributed by atoms with Gasteiger partial charge in [-0.05, 0) is 24.3 Å². The molecule has 0 aliphatic rings. The van der Waals surface area contributed by atoms with Crippen LogP contribution in [-0.2, 0) is 32.6 Å². The van der Waals surface area contributed by atoms with Crippen molar-refractivity contribution >= 4 is 27.0 Å². The first-order chi connectivity index (χ1) is 13.0. The highest BCUT2D eigenvalue weighted by atomic mass is 32.2. The van der Waals surface area contributed by atoms with Crippen molar-refractivity contribution in [2.75, 3.05) is 5.75 Å². The molecule has 0 spiro atoms. The van der Waals surface area contributed by atoms with E-state index in [9.17, 15) is 26.4 Å². The van der Waals surface area contributed by atoms with Gasteiger partial charge in [0.1, 0.15) is 10.8 Å². The van der Waals surface area contributed by atoms with E-state index in [-0.39, 0.29) is 22.5 Å². The number of carbonyl (C=O) groups is 1. The smallest absolute Gasteiger partial charge is 0.299 e. The van der Waals surface area contributed by atoms with E-state index in [0.717, 1.165) is 30.0 Å². The van der Waals surface area contributed by atoms with Crippen molar-refractivity contribution in [2.45, 2.75) is 57.5 Å². The van der Waals surface area contributed by atoms with E-state index in [1.807, 2.05) is 26.2 Å². The average molecular weight is 448 g/mol. The number of carbonyl (C=O) groups excluding carboxylic acids is 1. The van der Waals surface area contributed by atoms with E-state index >= 15 is 0 Å². The lowest BCUT2D eigenvalue weighted by molar-refractivity contribution is -0.137. The van der Waals surface area contributed by atoms with Crippen molar-refractivity contribution in [1.82, 2.24) is 4.98 Å². The van der Waals surface area contributed by atoms with Crippen LogP contribution in [0.1, 0.15) is 50.9 Å². The van der Waals surface area contributed by atoms with Gasteiger partial charge in [-0.15, -0.1) is 11.3 Å². The van der Waals surface area contributed by atoms with E-state index < -0.39 is 32.7 Å². The lowest BCUT2D eigenvalue weighted by Gasteiger charge is -2.22. The number of ketones is 1. The molecule has 2 aromatic rings. The van der Waals surface area contributed by atoms with E-state index in [2.05, 4.69) is 4.98 Å². The molecule has 0 aliphatic heterocycles. The van der Waals surface area contributed by atoms with Crippen LogP contribution in [0.3, 0.4) is 0 Å². The van der Waals surface area contributed by atoms with E-state index in [1.54, 1.807) is 0 Å². The Morgan fingerprint density at radius 1 is 1.03 bits per heavy atom. The highest BCUT2D eigenvalue weighted by molar-refractivity contribution is 7.91. The monoisotopic (exact) mass is 447 g/mol. The number of sulfone groups is 1. The number of Topliss-reactive ketones (excluding diaryl/α,β-unsaturated/α-hetero) is 1. The molecule has 0 aliphatic carbocycles. The second-order valence-electron chi connectivity index (χ2n) is 8.64. The zero-order valence-corrected chi connectivity index (χ0v) is 18.6. The van der Waals surface area contributed by atoms with Crippen molar-refractivity contribution in [2.24, 2.45) is 5.41 Å². The molecule has 0 N–H and O–H groups in total. The molecule has 0 saturated carbocycles. The van der Waals surface area contributed by atoms with Crippen molar-refractivity contribution < 1.29 is 26.4 Å². The number of nitrogens with zero attached hydrogens (tertiary/aromatic N) is 1. The number of rotatable bonds is 6. The molecular weight excluding hydrogens is 423 g/mol. The molecule has 9 heteroatoms. The third-order valence-corrected chi connectivity index (χ3v) is 7.42. The van der Waals surface area contributed by atoms with Crippen LogP contribution < -0.4 is 0 Å². The fourth-order valence-electron chi connectivity index (χ4n) is 2.60. The Morgan fingerprint density at radius 3 is 2.03 bits per heavy atom. The maximum absolute atomic E-state index is 12.7. The Bertz CT molecular complexity index is 983. The second kappa shape index (κ2) is 7.83. The van der Waals surface area contributed by atoms with Gasteiger partial charge in [-0.2, -0.15) is 13.2 Å². The van der Waals surface area contributed by atoms with Gasteiger partial charge in [0.25, 0.3) is 0 Å². The summed E-state index contributed by atoms with van der Waals surface area (Å²) in [6.07, 6.45) is -4.53. The highest BCUT2D eigenvalue weighted by Crippen LogP contribution is 2.31. The summed E-state index contributed by atoms with van der Waals surface area (Å²) in [5.41, 5.74) is -1.43.